The average Bonchev–Trinajstić information content (AvgIpc) is 2.94. The van der Waals surface area contributed by atoms with E-state index < -0.39 is 0 Å². The molecule has 4 nitrogen and oxygen atoms in total. The van der Waals surface area contributed by atoms with Crippen molar-refractivity contribution in [1.29, 1.82) is 0 Å². The Morgan fingerprint density at radius 2 is 1.32 bits per heavy atom. The molecule has 0 bridgehead atoms. The van der Waals surface area contributed by atoms with Crippen LogP contribution in [-0.2, 0) is 0 Å². The summed E-state index contributed by atoms with van der Waals surface area (Å²) in [5.74, 6) is -0.651. The van der Waals surface area contributed by atoms with Gasteiger partial charge in [-0.05, 0) is 12.5 Å². The lowest BCUT2D eigenvalue weighted by Crippen LogP contribution is -2.20. The monoisotopic (exact) mass is 329 g/mol. The van der Waals surface area contributed by atoms with Crippen molar-refractivity contribution in [2.45, 2.75) is 13.8 Å². The van der Waals surface area contributed by atoms with Gasteiger partial charge in [-0.25, -0.2) is 0 Å². The highest BCUT2D eigenvalue weighted by Gasteiger charge is 2.37. The van der Waals surface area contributed by atoms with Gasteiger partial charge in [0.25, 0.3) is 0 Å². The van der Waals surface area contributed by atoms with E-state index >= 15 is 0 Å². The van der Waals surface area contributed by atoms with Gasteiger partial charge in [0.2, 0.25) is 5.91 Å². The zero-order valence-corrected chi connectivity index (χ0v) is 13.9. The second kappa shape index (κ2) is 5.38. The Labute approximate surface area is 144 Å². The van der Waals surface area contributed by atoms with Gasteiger partial charge in [-0.1, -0.05) is 54.6 Å². The summed E-state index contributed by atoms with van der Waals surface area (Å²) in [6.07, 6.45) is 0. The van der Waals surface area contributed by atoms with Crippen molar-refractivity contribution in [1.82, 2.24) is 4.57 Å². The van der Waals surface area contributed by atoms with Gasteiger partial charge < -0.3 is 0 Å². The van der Waals surface area contributed by atoms with E-state index in [1.54, 1.807) is 31.2 Å². The summed E-state index contributed by atoms with van der Waals surface area (Å²) >= 11 is 0. The Morgan fingerprint density at radius 1 is 0.800 bits per heavy atom. The van der Waals surface area contributed by atoms with E-state index in [0.29, 0.717) is 33.6 Å². The van der Waals surface area contributed by atoms with Crippen molar-refractivity contribution < 1.29 is 14.4 Å². The fraction of sp³-hybridized carbons (Fsp3) is 0.0952. The lowest BCUT2D eigenvalue weighted by molar-refractivity contribution is 0.0936. The summed E-state index contributed by atoms with van der Waals surface area (Å²) < 4.78 is 1.47. The predicted molar refractivity (Wildman–Crippen MR) is 94.2 cm³/mol. The maximum atomic E-state index is 13.2. The van der Waals surface area contributed by atoms with Crippen molar-refractivity contribution >= 4 is 17.5 Å². The molecule has 1 aromatic heterocycles. The van der Waals surface area contributed by atoms with E-state index in [4.69, 9.17) is 0 Å². The molecule has 1 heterocycles. The molecule has 0 fully saturated rings. The minimum atomic E-state index is -0.226. The summed E-state index contributed by atoms with van der Waals surface area (Å²) in [4.78, 5) is 38.5. The fourth-order valence-corrected chi connectivity index (χ4v) is 3.60. The molecule has 3 aromatic rings. The molecule has 2 aromatic carbocycles. The van der Waals surface area contributed by atoms with Crippen LogP contribution < -0.4 is 0 Å². The molecule has 0 saturated heterocycles. The van der Waals surface area contributed by atoms with Gasteiger partial charge in [-0.2, -0.15) is 0 Å². The molecule has 0 atom stereocenters. The minimum Gasteiger partial charge on any atom is -0.288 e. The van der Waals surface area contributed by atoms with Gasteiger partial charge in [-0.15, -0.1) is 0 Å². The average molecular weight is 329 g/mol. The second-order valence-electron chi connectivity index (χ2n) is 6.11. The van der Waals surface area contributed by atoms with Crippen molar-refractivity contribution in [3.8, 4) is 11.3 Å². The highest BCUT2D eigenvalue weighted by Crippen LogP contribution is 2.38. The summed E-state index contributed by atoms with van der Waals surface area (Å²) in [6, 6.07) is 16.0. The zero-order chi connectivity index (χ0) is 17.7. The van der Waals surface area contributed by atoms with Crippen molar-refractivity contribution in [2.75, 3.05) is 0 Å². The molecule has 0 amide bonds. The van der Waals surface area contributed by atoms with Gasteiger partial charge in [0.05, 0.1) is 16.8 Å². The molecular formula is C21H15NO3. The molecular weight excluding hydrogens is 314 g/mol. The normalized spacial score (nSPS) is 12.7. The number of hydrogen-bond donors (Lipinski definition) is 0. The van der Waals surface area contributed by atoms with E-state index in [2.05, 4.69) is 0 Å². The molecule has 0 spiro atoms. The second-order valence-corrected chi connectivity index (χ2v) is 6.11. The quantitative estimate of drug-likeness (QED) is 0.532. The Bertz CT molecular complexity index is 1060. The molecule has 0 unspecified atom stereocenters. The molecule has 1 aliphatic rings. The number of rotatable bonds is 1. The third-order valence-corrected chi connectivity index (χ3v) is 4.64. The highest BCUT2D eigenvalue weighted by molar-refractivity contribution is 6.31. The number of ketones is 2. The predicted octanol–water partition coefficient (Wildman–Crippen LogP) is 3.90. The SMILES string of the molecule is CC(=O)n1c(C)c2c(c1-c1ccccc1)C(=O)c1ccccc1C2=O. The first kappa shape index (κ1) is 15.3. The molecule has 0 saturated carbocycles. The Hall–Kier alpha value is -3.27. The van der Waals surface area contributed by atoms with Crippen LogP contribution in [0.2, 0.25) is 0 Å². The molecule has 25 heavy (non-hydrogen) atoms. The molecule has 1 aliphatic carbocycles. The van der Waals surface area contributed by atoms with E-state index in [9.17, 15) is 14.4 Å². The maximum Gasteiger partial charge on any atom is 0.228 e. The van der Waals surface area contributed by atoms with E-state index in [0.717, 1.165) is 5.56 Å². The number of aromatic nitrogens is 1. The van der Waals surface area contributed by atoms with Crippen LogP contribution in [0.15, 0.2) is 54.6 Å². The van der Waals surface area contributed by atoms with Crippen LogP contribution in [0.25, 0.3) is 11.3 Å². The van der Waals surface area contributed by atoms with E-state index in [1.165, 1.54) is 11.5 Å². The van der Waals surface area contributed by atoms with Crippen LogP contribution in [-0.4, -0.2) is 22.0 Å². The highest BCUT2D eigenvalue weighted by atomic mass is 16.2. The number of hydrogen-bond acceptors (Lipinski definition) is 3. The first-order valence-electron chi connectivity index (χ1n) is 8.02. The topological polar surface area (TPSA) is 56.1 Å². The molecule has 0 radical (unpaired) electrons. The molecule has 4 rings (SSSR count). The van der Waals surface area contributed by atoms with Gasteiger partial charge in [0, 0.05) is 23.7 Å². The van der Waals surface area contributed by atoms with Crippen LogP contribution in [0, 0.1) is 6.92 Å². The largest absolute Gasteiger partial charge is 0.288 e. The molecule has 4 heteroatoms. The third-order valence-electron chi connectivity index (χ3n) is 4.64. The maximum absolute atomic E-state index is 13.2. The lowest BCUT2D eigenvalue weighted by Gasteiger charge is -2.15. The standard InChI is InChI=1S/C21H15NO3/c1-12-17-18(21(25)16-11-7-6-10-15(16)20(17)24)19(22(12)13(2)23)14-8-4-3-5-9-14/h3-11H,1-2H3. The molecule has 0 N–H and O–H groups in total. The first-order chi connectivity index (χ1) is 12.0. The summed E-state index contributed by atoms with van der Waals surface area (Å²) in [7, 11) is 0. The van der Waals surface area contributed by atoms with E-state index in [1.807, 2.05) is 30.3 Å². The van der Waals surface area contributed by atoms with Crippen LogP contribution in [0.1, 0.15) is 49.3 Å². The number of benzene rings is 2. The van der Waals surface area contributed by atoms with Crippen molar-refractivity contribution in [3.63, 3.8) is 0 Å². The lowest BCUT2D eigenvalue weighted by atomic mass is 9.83. The molecule has 122 valence electrons. The summed E-state index contributed by atoms with van der Waals surface area (Å²) in [5, 5.41) is 0. The number of carbonyl (C=O) groups excluding carboxylic acids is 3. The van der Waals surface area contributed by atoms with Crippen molar-refractivity contribution in [2.24, 2.45) is 0 Å². The van der Waals surface area contributed by atoms with E-state index in [-0.39, 0.29) is 17.5 Å². The van der Waals surface area contributed by atoms with Crippen LogP contribution >= 0.6 is 0 Å². The third kappa shape index (κ3) is 2.04. The minimum absolute atomic E-state index is 0.208. The number of carbonyl (C=O) groups is 3. The van der Waals surface area contributed by atoms with Crippen molar-refractivity contribution in [3.05, 3.63) is 82.5 Å². The summed E-state index contributed by atoms with van der Waals surface area (Å²) in [5.41, 5.74) is 3.17. The number of fused-ring (bicyclic) bond motifs is 2. The van der Waals surface area contributed by atoms with Gasteiger partial charge >= 0.3 is 0 Å². The first-order valence-corrected chi connectivity index (χ1v) is 8.02. The zero-order valence-electron chi connectivity index (χ0n) is 13.9. The van der Waals surface area contributed by atoms with Gasteiger partial charge in [0.15, 0.2) is 11.6 Å². The summed E-state index contributed by atoms with van der Waals surface area (Å²) in [6.45, 7) is 3.15. The number of nitrogens with zero attached hydrogens (tertiary/aromatic N) is 1. The Morgan fingerprint density at radius 3 is 1.88 bits per heavy atom. The van der Waals surface area contributed by atoms with Crippen LogP contribution in [0.5, 0.6) is 0 Å². The van der Waals surface area contributed by atoms with Crippen LogP contribution in [0.4, 0.5) is 0 Å². The fourth-order valence-electron chi connectivity index (χ4n) is 3.60. The smallest absolute Gasteiger partial charge is 0.228 e. The van der Waals surface area contributed by atoms with Gasteiger partial charge in [0.1, 0.15) is 0 Å². The van der Waals surface area contributed by atoms with Crippen LogP contribution in [0.3, 0.4) is 0 Å². The Balaban J connectivity index is 2.13. The van der Waals surface area contributed by atoms with Gasteiger partial charge in [-0.3, -0.25) is 19.0 Å². The molecule has 0 aliphatic heterocycles. The Kier molecular flexibility index (Phi) is 3.29.